The van der Waals surface area contributed by atoms with Crippen molar-refractivity contribution in [3.8, 4) is 0 Å². The fraction of sp³-hybridized carbons (Fsp3) is 0. The van der Waals surface area contributed by atoms with Crippen LogP contribution >= 0.6 is 0 Å². The van der Waals surface area contributed by atoms with E-state index in [-0.39, 0.29) is 11.4 Å². The predicted molar refractivity (Wildman–Crippen MR) is 64.3 cm³/mol. The Labute approximate surface area is 110 Å². The second-order valence-electron chi connectivity index (χ2n) is 3.80. The Kier molecular flexibility index (Phi) is 3.69. The van der Waals surface area contributed by atoms with Crippen LogP contribution in [0.5, 0.6) is 0 Å². The van der Waals surface area contributed by atoms with Crippen LogP contribution in [0.3, 0.4) is 0 Å². The second kappa shape index (κ2) is 5.28. The molecule has 2 aromatic rings. The van der Waals surface area contributed by atoms with Gasteiger partial charge in [0.25, 0.3) is 0 Å². The van der Waals surface area contributed by atoms with Gasteiger partial charge in [-0.25, -0.2) is 22.0 Å². The van der Waals surface area contributed by atoms with Crippen molar-refractivity contribution in [3.63, 3.8) is 0 Å². The van der Waals surface area contributed by atoms with E-state index in [1.165, 1.54) is 12.1 Å². The molecule has 0 saturated carbocycles. The van der Waals surface area contributed by atoms with E-state index in [1.807, 2.05) is 0 Å². The molecular formula is C13H7F5N2. The van der Waals surface area contributed by atoms with Crippen LogP contribution in [0.1, 0.15) is 5.56 Å². The molecule has 20 heavy (non-hydrogen) atoms. The molecule has 0 spiro atoms. The lowest BCUT2D eigenvalue weighted by atomic mass is 10.2. The molecule has 7 heteroatoms. The molecule has 0 aliphatic carbocycles. The highest BCUT2D eigenvalue weighted by molar-refractivity contribution is 5.84. The number of benzene rings is 2. The Morgan fingerprint density at radius 3 is 1.85 bits per heavy atom. The maximum absolute atomic E-state index is 13.4. The van der Waals surface area contributed by atoms with Gasteiger partial charge in [-0.2, -0.15) is 0 Å². The van der Waals surface area contributed by atoms with Crippen molar-refractivity contribution in [2.75, 3.05) is 5.73 Å². The smallest absolute Gasteiger partial charge is 0.200 e. The standard InChI is InChI=1S/C13H7F5N2/c14-9-6(10(15)12(17)13(18)11(9)16)5-20-8-4-2-1-3-7(8)19/h1-5H,19H2. The van der Waals surface area contributed by atoms with Gasteiger partial charge in [0.05, 0.1) is 16.9 Å². The Bertz CT molecular complexity index is 668. The minimum absolute atomic E-state index is 0.149. The molecule has 0 aliphatic heterocycles. The third kappa shape index (κ3) is 2.34. The highest BCUT2D eigenvalue weighted by Crippen LogP contribution is 2.24. The summed E-state index contributed by atoms with van der Waals surface area (Å²) in [7, 11) is 0. The molecule has 0 heterocycles. The molecule has 0 saturated heterocycles. The zero-order valence-electron chi connectivity index (χ0n) is 9.80. The van der Waals surface area contributed by atoms with Gasteiger partial charge in [0.2, 0.25) is 5.82 Å². The van der Waals surface area contributed by atoms with Crippen LogP contribution in [0.25, 0.3) is 0 Å². The van der Waals surface area contributed by atoms with Crippen LogP contribution in [0, 0.1) is 29.1 Å². The molecule has 104 valence electrons. The summed E-state index contributed by atoms with van der Waals surface area (Å²) in [6.45, 7) is 0. The maximum Gasteiger partial charge on any atom is 0.200 e. The van der Waals surface area contributed by atoms with Crippen LogP contribution < -0.4 is 5.73 Å². The van der Waals surface area contributed by atoms with Gasteiger partial charge >= 0.3 is 0 Å². The summed E-state index contributed by atoms with van der Waals surface area (Å²) < 4.78 is 65.5. The topological polar surface area (TPSA) is 38.4 Å². The highest BCUT2D eigenvalue weighted by atomic mass is 19.2. The van der Waals surface area contributed by atoms with Crippen molar-refractivity contribution in [1.29, 1.82) is 0 Å². The summed E-state index contributed by atoms with van der Waals surface area (Å²) in [6.07, 6.45) is 0.544. The van der Waals surface area contributed by atoms with Gasteiger partial charge in [0.1, 0.15) is 0 Å². The predicted octanol–water partition coefficient (Wildman–Crippen LogP) is 3.71. The normalized spacial score (nSPS) is 11.2. The van der Waals surface area contributed by atoms with Gasteiger partial charge in [-0.05, 0) is 12.1 Å². The lowest BCUT2D eigenvalue weighted by Crippen LogP contribution is -2.06. The maximum atomic E-state index is 13.4. The fourth-order valence-corrected chi connectivity index (χ4v) is 1.47. The molecule has 0 amide bonds. The molecular weight excluding hydrogens is 279 g/mol. The van der Waals surface area contributed by atoms with E-state index in [9.17, 15) is 22.0 Å². The number of nitrogen functional groups attached to an aromatic ring is 1. The van der Waals surface area contributed by atoms with E-state index >= 15 is 0 Å². The lowest BCUT2D eigenvalue weighted by molar-refractivity contribution is 0.377. The van der Waals surface area contributed by atoms with Gasteiger partial charge in [-0.15, -0.1) is 0 Å². The van der Waals surface area contributed by atoms with Crippen LogP contribution in [0.4, 0.5) is 33.3 Å². The summed E-state index contributed by atoms with van der Waals surface area (Å²) in [5, 5.41) is 0. The van der Waals surface area contributed by atoms with Crippen molar-refractivity contribution in [2.45, 2.75) is 0 Å². The average Bonchev–Trinajstić information content (AvgIpc) is 2.45. The third-order valence-electron chi connectivity index (χ3n) is 2.51. The molecule has 0 aromatic heterocycles. The third-order valence-corrected chi connectivity index (χ3v) is 2.51. The van der Waals surface area contributed by atoms with E-state index < -0.39 is 34.6 Å². The molecule has 0 radical (unpaired) electrons. The van der Waals surface area contributed by atoms with Crippen LogP contribution in [-0.4, -0.2) is 6.21 Å². The van der Waals surface area contributed by atoms with E-state index in [1.54, 1.807) is 12.1 Å². The first-order valence-electron chi connectivity index (χ1n) is 5.33. The van der Waals surface area contributed by atoms with Crippen molar-refractivity contribution >= 4 is 17.6 Å². The van der Waals surface area contributed by atoms with Gasteiger partial charge in [0.15, 0.2) is 23.3 Å². The number of para-hydroxylation sites is 2. The zero-order chi connectivity index (χ0) is 14.9. The molecule has 0 fully saturated rings. The zero-order valence-corrected chi connectivity index (χ0v) is 9.80. The number of anilines is 1. The van der Waals surface area contributed by atoms with Gasteiger partial charge < -0.3 is 5.73 Å². The Morgan fingerprint density at radius 2 is 1.30 bits per heavy atom. The second-order valence-corrected chi connectivity index (χ2v) is 3.80. The van der Waals surface area contributed by atoms with Gasteiger partial charge in [0, 0.05) is 6.21 Å². The summed E-state index contributed by atoms with van der Waals surface area (Å²) in [5.41, 5.74) is 4.77. The highest BCUT2D eigenvalue weighted by Gasteiger charge is 2.24. The SMILES string of the molecule is Nc1ccccc1N=Cc1c(F)c(F)c(F)c(F)c1F. The summed E-state index contributed by atoms with van der Waals surface area (Å²) in [6, 6.07) is 6.07. The number of nitrogens with zero attached hydrogens (tertiary/aromatic N) is 1. The first-order valence-corrected chi connectivity index (χ1v) is 5.33. The first kappa shape index (κ1) is 14.0. The lowest BCUT2D eigenvalue weighted by Gasteiger charge is -2.04. The van der Waals surface area contributed by atoms with Crippen molar-refractivity contribution < 1.29 is 22.0 Å². The van der Waals surface area contributed by atoms with Crippen molar-refractivity contribution in [2.24, 2.45) is 4.99 Å². The molecule has 0 unspecified atom stereocenters. The van der Waals surface area contributed by atoms with Crippen LogP contribution in [0.2, 0.25) is 0 Å². The van der Waals surface area contributed by atoms with E-state index in [0.29, 0.717) is 6.21 Å². The Morgan fingerprint density at radius 1 is 0.800 bits per heavy atom. The minimum Gasteiger partial charge on any atom is -0.397 e. The minimum atomic E-state index is -2.21. The molecule has 0 atom stereocenters. The largest absolute Gasteiger partial charge is 0.397 e. The number of hydrogen-bond donors (Lipinski definition) is 1. The Hall–Kier alpha value is -2.44. The Balaban J connectivity index is 2.53. The van der Waals surface area contributed by atoms with E-state index in [2.05, 4.69) is 4.99 Å². The summed E-state index contributed by atoms with van der Waals surface area (Å²) >= 11 is 0. The molecule has 2 aromatic carbocycles. The molecule has 2 rings (SSSR count). The number of rotatable bonds is 2. The molecule has 0 bridgehead atoms. The van der Waals surface area contributed by atoms with E-state index in [4.69, 9.17) is 5.73 Å². The number of nitrogens with two attached hydrogens (primary N) is 1. The molecule has 2 N–H and O–H groups in total. The number of hydrogen-bond acceptors (Lipinski definition) is 2. The van der Waals surface area contributed by atoms with Gasteiger partial charge in [-0.3, -0.25) is 4.99 Å². The number of halogens is 5. The van der Waals surface area contributed by atoms with Crippen molar-refractivity contribution in [3.05, 3.63) is 58.9 Å². The fourth-order valence-electron chi connectivity index (χ4n) is 1.47. The molecule has 0 aliphatic rings. The average molecular weight is 286 g/mol. The van der Waals surface area contributed by atoms with Crippen molar-refractivity contribution in [1.82, 2.24) is 0 Å². The molecule has 2 nitrogen and oxygen atoms in total. The summed E-state index contributed by atoms with van der Waals surface area (Å²) in [5.74, 6) is -10.1. The van der Waals surface area contributed by atoms with Crippen LogP contribution in [-0.2, 0) is 0 Å². The van der Waals surface area contributed by atoms with Gasteiger partial charge in [-0.1, -0.05) is 12.1 Å². The monoisotopic (exact) mass is 286 g/mol. The number of aliphatic imine (C=N–C) groups is 1. The first-order chi connectivity index (χ1) is 9.43. The van der Waals surface area contributed by atoms with Crippen LogP contribution in [0.15, 0.2) is 29.3 Å². The van der Waals surface area contributed by atoms with E-state index in [0.717, 1.165) is 0 Å². The quantitative estimate of drug-likeness (QED) is 0.295. The summed E-state index contributed by atoms with van der Waals surface area (Å²) in [4.78, 5) is 3.62.